The molecule has 0 aliphatic rings. The molecule has 0 atom stereocenters. The SMILES string of the molecule is CCOC(=O)c1cncc(OC(F)(F)F)c1N. The molecule has 94 valence electrons. The molecular formula is C9H9F3N2O3. The highest BCUT2D eigenvalue weighted by atomic mass is 19.4. The molecule has 0 amide bonds. The minimum atomic E-state index is -4.90. The molecule has 1 aromatic heterocycles. The van der Waals surface area contributed by atoms with Crippen molar-refractivity contribution < 1.29 is 27.4 Å². The van der Waals surface area contributed by atoms with Crippen molar-refractivity contribution >= 4 is 11.7 Å². The van der Waals surface area contributed by atoms with Gasteiger partial charge in [-0.2, -0.15) is 0 Å². The first-order valence-corrected chi connectivity index (χ1v) is 4.51. The summed E-state index contributed by atoms with van der Waals surface area (Å²) in [7, 11) is 0. The molecule has 0 saturated heterocycles. The Morgan fingerprint density at radius 3 is 2.65 bits per heavy atom. The van der Waals surface area contributed by atoms with Crippen LogP contribution in [0.15, 0.2) is 12.4 Å². The van der Waals surface area contributed by atoms with Gasteiger partial charge in [0.1, 0.15) is 5.56 Å². The average molecular weight is 250 g/mol. The minimum absolute atomic E-state index is 0.0721. The van der Waals surface area contributed by atoms with Gasteiger partial charge >= 0.3 is 12.3 Å². The van der Waals surface area contributed by atoms with Gasteiger partial charge in [0.05, 0.1) is 18.5 Å². The molecule has 0 aliphatic carbocycles. The van der Waals surface area contributed by atoms with Gasteiger partial charge in [-0.15, -0.1) is 13.2 Å². The van der Waals surface area contributed by atoms with Crippen LogP contribution in [0.3, 0.4) is 0 Å². The first-order chi connectivity index (χ1) is 7.85. The number of nitrogens with two attached hydrogens (primary N) is 1. The molecule has 0 saturated carbocycles. The molecule has 0 aromatic carbocycles. The van der Waals surface area contributed by atoms with Crippen molar-refractivity contribution in [3.05, 3.63) is 18.0 Å². The third-order valence-electron chi connectivity index (χ3n) is 1.67. The fourth-order valence-corrected chi connectivity index (χ4v) is 1.03. The van der Waals surface area contributed by atoms with Gasteiger partial charge in [0.2, 0.25) is 0 Å². The molecule has 8 heteroatoms. The fourth-order valence-electron chi connectivity index (χ4n) is 1.03. The maximum absolute atomic E-state index is 12.0. The maximum atomic E-state index is 12.0. The van der Waals surface area contributed by atoms with E-state index < -0.39 is 23.8 Å². The average Bonchev–Trinajstić information content (AvgIpc) is 2.19. The molecule has 0 spiro atoms. The quantitative estimate of drug-likeness (QED) is 0.827. The standard InChI is InChI=1S/C9H9F3N2O3/c1-2-16-8(15)5-3-14-4-6(7(5)13)17-9(10,11)12/h3-4H,2H2,1H3,(H2,13,14). The van der Waals surface area contributed by atoms with Crippen LogP contribution in [0.5, 0.6) is 5.75 Å². The van der Waals surface area contributed by atoms with Gasteiger partial charge in [-0.25, -0.2) is 4.79 Å². The van der Waals surface area contributed by atoms with Gasteiger partial charge in [-0.3, -0.25) is 4.98 Å². The van der Waals surface area contributed by atoms with Crippen LogP contribution in [0.2, 0.25) is 0 Å². The zero-order valence-electron chi connectivity index (χ0n) is 8.75. The largest absolute Gasteiger partial charge is 0.573 e. The lowest BCUT2D eigenvalue weighted by Crippen LogP contribution is -2.19. The summed E-state index contributed by atoms with van der Waals surface area (Å²) < 4.78 is 44.1. The highest BCUT2D eigenvalue weighted by Gasteiger charge is 2.33. The third kappa shape index (κ3) is 3.51. The van der Waals surface area contributed by atoms with Crippen molar-refractivity contribution in [3.63, 3.8) is 0 Å². The number of hydrogen-bond donors (Lipinski definition) is 1. The number of alkyl halides is 3. The lowest BCUT2D eigenvalue weighted by atomic mass is 10.2. The number of pyridine rings is 1. The molecule has 0 bridgehead atoms. The third-order valence-corrected chi connectivity index (χ3v) is 1.67. The summed E-state index contributed by atoms with van der Waals surface area (Å²) in [4.78, 5) is 14.7. The molecular weight excluding hydrogens is 241 g/mol. The monoisotopic (exact) mass is 250 g/mol. The fraction of sp³-hybridized carbons (Fsp3) is 0.333. The Labute approximate surface area is 94.3 Å². The summed E-state index contributed by atoms with van der Waals surface area (Å²) in [5, 5.41) is 0. The van der Waals surface area contributed by atoms with Crippen LogP contribution >= 0.6 is 0 Å². The number of aromatic nitrogens is 1. The van der Waals surface area contributed by atoms with E-state index in [1.54, 1.807) is 6.92 Å². The van der Waals surface area contributed by atoms with Crippen LogP contribution in [0.4, 0.5) is 18.9 Å². The Kier molecular flexibility index (Phi) is 3.77. The molecule has 5 nitrogen and oxygen atoms in total. The zero-order valence-corrected chi connectivity index (χ0v) is 8.75. The van der Waals surface area contributed by atoms with E-state index in [1.807, 2.05) is 0 Å². The Bertz CT molecular complexity index is 420. The van der Waals surface area contributed by atoms with Gasteiger partial charge in [-0.05, 0) is 6.92 Å². The molecule has 0 fully saturated rings. The van der Waals surface area contributed by atoms with Gasteiger partial charge in [0, 0.05) is 6.20 Å². The van der Waals surface area contributed by atoms with Gasteiger partial charge < -0.3 is 15.2 Å². The predicted octanol–water partition coefficient (Wildman–Crippen LogP) is 1.74. The summed E-state index contributed by atoms with van der Waals surface area (Å²) in [5.74, 6) is -1.59. The number of esters is 1. The normalized spacial score (nSPS) is 11.1. The molecule has 0 unspecified atom stereocenters. The first-order valence-electron chi connectivity index (χ1n) is 4.51. The second kappa shape index (κ2) is 4.89. The minimum Gasteiger partial charge on any atom is -0.462 e. The summed E-state index contributed by atoms with van der Waals surface area (Å²) in [5.41, 5.74) is 4.62. The van der Waals surface area contributed by atoms with E-state index in [4.69, 9.17) is 5.73 Å². The van der Waals surface area contributed by atoms with Crippen molar-refractivity contribution in [3.8, 4) is 5.75 Å². The van der Waals surface area contributed by atoms with Gasteiger partial charge in [0.15, 0.2) is 5.75 Å². The number of ether oxygens (including phenoxy) is 2. The van der Waals surface area contributed by atoms with E-state index in [0.29, 0.717) is 0 Å². The van der Waals surface area contributed by atoms with Crippen molar-refractivity contribution in [2.75, 3.05) is 12.3 Å². The van der Waals surface area contributed by atoms with Crippen LogP contribution in [-0.4, -0.2) is 23.9 Å². The smallest absolute Gasteiger partial charge is 0.462 e. The van der Waals surface area contributed by atoms with E-state index >= 15 is 0 Å². The van der Waals surface area contributed by atoms with E-state index in [0.717, 1.165) is 12.4 Å². The van der Waals surface area contributed by atoms with Crippen LogP contribution in [0.25, 0.3) is 0 Å². The second-order valence-electron chi connectivity index (χ2n) is 2.87. The molecule has 17 heavy (non-hydrogen) atoms. The Morgan fingerprint density at radius 2 is 2.12 bits per heavy atom. The summed E-state index contributed by atoms with van der Waals surface area (Å²) >= 11 is 0. The van der Waals surface area contributed by atoms with E-state index in [2.05, 4.69) is 14.5 Å². The Morgan fingerprint density at radius 1 is 1.47 bits per heavy atom. The van der Waals surface area contributed by atoms with Crippen LogP contribution in [-0.2, 0) is 4.74 Å². The molecule has 0 aliphatic heterocycles. The number of nitrogens with zero attached hydrogens (tertiary/aromatic N) is 1. The number of rotatable bonds is 3. The van der Waals surface area contributed by atoms with Crippen LogP contribution in [0, 0.1) is 0 Å². The number of halogens is 3. The zero-order chi connectivity index (χ0) is 13.1. The van der Waals surface area contributed by atoms with E-state index in [-0.39, 0.29) is 12.2 Å². The Balaban J connectivity index is 3.03. The summed E-state index contributed by atoms with van der Waals surface area (Å²) in [6.45, 7) is 1.63. The first kappa shape index (κ1) is 13.1. The summed E-state index contributed by atoms with van der Waals surface area (Å²) in [6.07, 6.45) is -3.12. The number of carbonyl (C=O) groups is 1. The van der Waals surface area contributed by atoms with Crippen LogP contribution in [0.1, 0.15) is 17.3 Å². The predicted molar refractivity (Wildman–Crippen MR) is 51.3 cm³/mol. The Hall–Kier alpha value is -1.99. The lowest BCUT2D eigenvalue weighted by Gasteiger charge is -2.12. The van der Waals surface area contributed by atoms with Gasteiger partial charge in [-0.1, -0.05) is 0 Å². The molecule has 2 N–H and O–H groups in total. The molecule has 1 rings (SSSR count). The second-order valence-corrected chi connectivity index (χ2v) is 2.87. The number of nitrogen functional groups attached to an aromatic ring is 1. The van der Waals surface area contributed by atoms with E-state index in [1.165, 1.54) is 0 Å². The molecule has 0 radical (unpaired) electrons. The summed E-state index contributed by atoms with van der Waals surface area (Å²) in [6, 6.07) is 0. The highest BCUT2D eigenvalue weighted by Crippen LogP contribution is 2.29. The molecule has 1 heterocycles. The number of carbonyl (C=O) groups excluding carboxylic acids is 1. The van der Waals surface area contributed by atoms with Gasteiger partial charge in [0.25, 0.3) is 0 Å². The number of hydrogen-bond acceptors (Lipinski definition) is 5. The van der Waals surface area contributed by atoms with Crippen molar-refractivity contribution in [1.82, 2.24) is 4.98 Å². The van der Waals surface area contributed by atoms with E-state index in [9.17, 15) is 18.0 Å². The van der Waals surface area contributed by atoms with Crippen LogP contribution < -0.4 is 10.5 Å². The maximum Gasteiger partial charge on any atom is 0.573 e. The van der Waals surface area contributed by atoms with Crippen molar-refractivity contribution in [2.24, 2.45) is 0 Å². The number of anilines is 1. The molecule has 1 aromatic rings. The topological polar surface area (TPSA) is 74.4 Å². The highest BCUT2D eigenvalue weighted by molar-refractivity contribution is 5.96. The van der Waals surface area contributed by atoms with Crippen molar-refractivity contribution in [1.29, 1.82) is 0 Å². The lowest BCUT2D eigenvalue weighted by molar-refractivity contribution is -0.274. The van der Waals surface area contributed by atoms with Crippen molar-refractivity contribution in [2.45, 2.75) is 13.3 Å².